The van der Waals surface area contributed by atoms with Crippen LogP contribution in [-0.4, -0.2) is 72.5 Å². The van der Waals surface area contributed by atoms with Crippen LogP contribution in [0.1, 0.15) is 24.8 Å². The van der Waals surface area contributed by atoms with Crippen LogP contribution >= 0.6 is 0 Å². The van der Waals surface area contributed by atoms with Crippen molar-refractivity contribution in [1.29, 1.82) is 0 Å². The third kappa shape index (κ3) is 4.76. The van der Waals surface area contributed by atoms with Crippen molar-refractivity contribution in [2.75, 3.05) is 56.2 Å². The number of aromatic nitrogens is 3. The van der Waals surface area contributed by atoms with Crippen LogP contribution in [0.5, 0.6) is 5.75 Å². The lowest BCUT2D eigenvalue weighted by molar-refractivity contribution is 0.122. The minimum atomic E-state index is -0.695. The average molecular weight is 545 g/mol. The number of halogens is 2. The number of morpholine rings is 1. The number of nitrogens with one attached hydrogen (secondary N) is 1. The molecule has 4 aromatic rings. The number of ether oxygens (including phenoxy) is 1. The number of benzene rings is 2. The summed E-state index contributed by atoms with van der Waals surface area (Å²) < 4.78 is 36.7. The van der Waals surface area contributed by atoms with Gasteiger partial charge < -0.3 is 25.0 Å². The normalized spacial score (nSPS) is 17.8. The van der Waals surface area contributed by atoms with Crippen LogP contribution in [0, 0.1) is 24.0 Å². The van der Waals surface area contributed by atoms with Gasteiger partial charge in [0.25, 0.3) is 0 Å². The van der Waals surface area contributed by atoms with Crippen LogP contribution in [0.25, 0.3) is 32.9 Å². The van der Waals surface area contributed by atoms with Crippen molar-refractivity contribution in [2.24, 2.45) is 0 Å². The van der Waals surface area contributed by atoms with Crippen LogP contribution in [0.15, 0.2) is 30.5 Å². The summed E-state index contributed by atoms with van der Waals surface area (Å²) >= 11 is 0. The van der Waals surface area contributed by atoms with E-state index in [4.69, 9.17) is 16.1 Å². The highest BCUT2D eigenvalue weighted by Gasteiger charge is 2.25. The van der Waals surface area contributed by atoms with E-state index < -0.39 is 11.6 Å². The fourth-order valence-corrected chi connectivity index (χ4v) is 5.66. The molecule has 0 unspecified atom stereocenters. The molecule has 10 heteroatoms. The van der Waals surface area contributed by atoms with Crippen molar-refractivity contribution in [3.8, 4) is 29.4 Å². The predicted molar refractivity (Wildman–Crippen MR) is 152 cm³/mol. The van der Waals surface area contributed by atoms with Gasteiger partial charge in [-0.3, -0.25) is 4.98 Å². The number of hydrogen-bond acceptors (Lipinski definition) is 8. The molecule has 2 aliphatic rings. The van der Waals surface area contributed by atoms with Gasteiger partial charge in [-0.25, -0.2) is 13.8 Å². The quantitative estimate of drug-likeness (QED) is 0.361. The molecule has 0 radical (unpaired) electrons. The minimum absolute atomic E-state index is 0.0223. The molecule has 0 amide bonds. The van der Waals surface area contributed by atoms with E-state index in [-0.39, 0.29) is 28.1 Å². The number of phenolic OH excluding ortho intramolecular Hbond substituents is 1. The summed E-state index contributed by atoms with van der Waals surface area (Å²) in [5, 5.41) is 15.2. The number of likely N-dealkylation sites (N-methyl/N-ethyl adjacent to an activating group) is 1. The van der Waals surface area contributed by atoms with Crippen molar-refractivity contribution in [1.82, 2.24) is 20.3 Å². The van der Waals surface area contributed by atoms with Gasteiger partial charge in [0.2, 0.25) is 5.95 Å². The molecule has 0 saturated carbocycles. The number of aromatic hydroxyl groups is 1. The summed E-state index contributed by atoms with van der Waals surface area (Å²) in [6.07, 6.45) is 10.6. The van der Waals surface area contributed by atoms with Gasteiger partial charge in [0.15, 0.2) is 5.82 Å². The molecule has 2 fully saturated rings. The second-order valence-corrected chi connectivity index (χ2v) is 10.3. The van der Waals surface area contributed by atoms with E-state index in [1.165, 1.54) is 24.3 Å². The van der Waals surface area contributed by atoms with Crippen molar-refractivity contribution < 1.29 is 18.6 Å². The summed E-state index contributed by atoms with van der Waals surface area (Å²) in [6.45, 7) is 3.89. The molecular weight excluding hydrogens is 514 g/mol. The van der Waals surface area contributed by atoms with Gasteiger partial charge in [0.05, 0.1) is 24.2 Å². The molecular formula is C30H30F2N6O2. The fraction of sp³-hybridized carbons (Fsp3) is 0.367. The van der Waals surface area contributed by atoms with Crippen molar-refractivity contribution in [3.05, 3.63) is 47.7 Å². The topological polar surface area (TPSA) is 86.6 Å². The predicted octanol–water partition coefficient (Wildman–Crippen LogP) is 4.23. The zero-order chi connectivity index (χ0) is 27.8. The van der Waals surface area contributed by atoms with Gasteiger partial charge in [-0.1, -0.05) is 18.4 Å². The molecule has 2 aromatic heterocycles. The van der Waals surface area contributed by atoms with E-state index in [1.54, 1.807) is 6.20 Å². The molecule has 2 aliphatic heterocycles. The zero-order valence-electron chi connectivity index (χ0n) is 22.3. The van der Waals surface area contributed by atoms with Crippen molar-refractivity contribution >= 4 is 33.4 Å². The van der Waals surface area contributed by atoms with Gasteiger partial charge in [-0.2, -0.15) is 4.98 Å². The second-order valence-electron chi connectivity index (χ2n) is 10.3. The number of terminal acetylenes is 1. The smallest absolute Gasteiger partial charge is 0.228 e. The standard InChI is InChI=1S/C30H30F2N6O2/c1-3-21-24(31)8-7-18-14-20(39)15-22(25(18)21)27-26(32)28-23(16-34-27)29(37(2)17-19-6-4-5-9-33-19)36-30(35-28)38-10-12-40-13-11-38/h1,7-8,14-16,19,33,39H,4-6,9-13,17H2,2H3/t19-/m1/s1. The minimum Gasteiger partial charge on any atom is -0.508 e. The Kier molecular flexibility index (Phi) is 7.09. The molecule has 8 nitrogen and oxygen atoms in total. The highest BCUT2D eigenvalue weighted by molar-refractivity contribution is 6.03. The Hall–Kier alpha value is -4.07. The third-order valence-corrected chi connectivity index (χ3v) is 7.67. The van der Waals surface area contributed by atoms with Gasteiger partial charge in [-0.05, 0) is 43.0 Å². The van der Waals surface area contributed by atoms with E-state index in [1.807, 2.05) is 16.8 Å². The lowest BCUT2D eigenvalue weighted by atomic mass is 9.96. The molecule has 0 spiro atoms. The summed E-state index contributed by atoms with van der Waals surface area (Å²) in [5.74, 6) is 1.94. The van der Waals surface area contributed by atoms with Gasteiger partial charge >= 0.3 is 0 Å². The summed E-state index contributed by atoms with van der Waals surface area (Å²) in [5.41, 5.74) is 0.181. The Labute approximate surface area is 231 Å². The van der Waals surface area contributed by atoms with Gasteiger partial charge in [-0.15, -0.1) is 6.42 Å². The number of piperidine rings is 1. The highest BCUT2D eigenvalue weighted by atomic mass is 19.1. The average Bonchev–Trinajstić information content (AvgIpc) is 2.98. The number of hydrogen-bond donors (Lipinski definition) is 2. The first-order chi connectivity index (χ1) is 19.4. The maximum Gasteiger partial charge on any atom is 0.228 e. The van der Waals surface area contributed by atoms with Crippen LogP contribution in [0.3, 0.4) is 0 Å². The summed E-state index contributed by atoms with van der Waals surface area (Å²) in [7, 11) is 1.94. The number of pyridine rings is 1. The Morgan fingerprint density at radius 2 is 2.02 bits per heavy atom. The SMILES string of the molecule is C#Cc1c(F)ccc2cc(O)cc(-c3ncc4c(N(C)C[C@H]5CCCCN5)nc(N5CCOCC5)nc4c3F)c12. The Balaban J connectivity index is 1.54. The van der Waals surface area contributed by atoms with E-state index >= 15 is 4.39 Å². The first kappa shape index (κ1) is 26.2. The van der Waals surface area contributed by atoms with Crippen LogP contribution in [0.4, 0.5) is 20.5 Å². The first-order valence-electron chi connectivity index (χ1n) is 13.5. The Morgan fingerprint density at radius 3 is 2.77 bits per heavy atom. The maximum atomic E-state index is 16.5. The summed E-state index contributed by atoms with van der Waals surface area (Å²) in [6, 6.07) is 5.84. The number of anilines is 2. The molecule has 206 valence electrons. The molecule has 40 heavy (non-hydrogen) atoms. The number of phenols is 1. The Bertz CT molecular complexity index is 1630. The molecule has 0 bridgehead atoms. The molecule has 2 N–H and O–H groups in total. The Morgan fingerprint density at radius 1 is 1.20 bits per heavy atom. The van der Waals surface area contributed by atoms with Crippen molar-refractivity contribution in [3.63, 3.8) is 0 Å². The molecule has 2 saturated heterocycles. The van der Waals surface area contributed by atoms with Crippen LogP contribution in [-0.2, 0) is 4.74 Å². The first-order valence-corrected chi connectivity index (χ1v) is 13.5. The van der Waals surface area contributed by atoms with E-state index in [2.05, 4.69) is 21.2 Å². The molecule has 1 atom stereocenters. The number of rotatable bonds is 5. The maximum absolute atomic E-state index is 16.5. The van der Waals surface area contributed by atoms with Gasteiger partial charge in [0.1, 0.15) is 28.6 Å². The lowest BCUT2D eigenvalue weighted by Gasteiger charge is -2.31. The van der Waals surface area contributed by atoms with Crippen molar-refractivity contribution in [2.45, 2.75) is 25.3 Å². The molecule has 0 aliphatic carbocycles. The fourth-order valence-electron chi connectivity index (χ4n) is 5.66. The number of fused-ring (bicyclic) bond motifs is 2. The third-order valence-electron chi connectivity index (χ3n) is 7.67. The number of nitrogens with zero attached hydrogens (tertiary/aromatic N) is 5. The second kappa shape index (κ2) is 10.8. The molecule has 4 heterocycles. The lowest BCUT2D eigenvalue weighted by Crippen LogP contribution is -2.43. The monoisotopic (exact) mass is 544 g/mol. The molecule has 2 aromatic carbocycles. The van der Waals surface area contributed by atoms with E-state index in [9.17, 15) is 9.50 Å². The van der Waals surface area contributed by atoms with E-state index in [0.29, 0.717) is 66.8 Å². The largest absolute Gasteiger partial charge is 0.508 e. The summed E-state index contributed by atoms with van der Waals surface area (Å²) in [4.78, 5) is 18.0. The van der Waals surface area contributed by atoms with Crippen LogP contribution < -0.4 is 15.1 Å². The highest BCUT2D eigenvalue weighted by Crippen LogP contribution is 2.38. The van der Waals surface area contributed by atoms with Crippen LogP contribution in [0.2, 0.25) is 0 Å². The molecule has 6 rings (SSSR count). The van der Waals surface area contributed by atoms with Gasteiger partial charge in [0, 0.05) is 49.9 Å². The van der Waals surface area contributed by atoms with E-state index in [0.717, 1.165) is 25.8 Å². The zero-order valence-corrected chi connectivity index (χ0v) is 22.3.